The van der Waals surface area contributed by atoms with E-state index < -0.39 is 0 Å². The van der Waals surface area contributed by atoms with E-state index >= 15 is 0 Å². The first kappa shape index (κ1) is 17.0. The van der Waals surface area contributed by atoms with E-state index in [1.165, 1.54) is 11.3 Å². The highest BCUT2D eigenvalue weighted by molar-refractivity contribution is 7.13. The molecule has 0 aliphatic rings. The number of hydrogen-bond acceptors (Lipinski definition) is 6. The summed E-state index contributed by atoms with van der Waals surface area (Å²) in [7, 11) is 0. The van der Waals surface area contributed by atoms with Crippen LogP contribution in [0.15, 0.2) is 42.9 Å². The monoisotopic (exact) mass is 354 g/mol. The van der Waals surface area contributed by atoms with E-state index in [4.69, 9.17) is 4.74 Å². The molecule has 25 heavy (non-hydrogen) atoms. The lowest BCUT2D eigenvalue weighted by Crippen LogP contribution is -2.22. The van der Waals surface area contributed by atoms with E-state index in [-0.39, 0.29) is 5.91 Å². The Morgan fingerprint density at radius 3 is 2.72 bits per heavy atom. The molecule has 3 aromatic heterocycles. The molecule has 1 amide bonds. The summed E-state index contributed by atoms with van der Waals surface area (Å²) < 4.78 is 5.67. The van der Waals surface area contributed by atoms with Crippen LogP contribution >= 0.6 is 11.3 Å². The van der Waals surface area contributed by atoms with Gasteiger partial charge in [0.1, 0.15) is 22.2 Å². The van der Waals surface area contributed by atoms with E-state index in [0.29, 0.717) is 29.5 Å². The van der Waals surface area contributed by atoms with Crippen LogP contribution in [-0.4, -0.2) is 20.9 Å². The van der Waals surface area contributed by atoms with Gasteiger partial charge in [-0.15, -0.1) is 11.3 Å². The summed E-state index contributed by atoms with van der Waals surface area (Å²) in [6.45, 7) is 4.52. The minimum atomic E-state index is -0.130. The van der Waals surface area contributed by atoms with E-state index in [0.717, 1.165) is 16.3 Å². The van der Waals surface area contributed by atoms with Gasteiger partial charge < -0.3 is 10.1 Å². The molecule has 128 valence electrons. The minimum absolute atomic E-state index is 0.130. The second-order valence-corrected chi connectivity index (χ2v) is 6.57. The number of carbonyl (C=O) groups is 1. The lowest BCUT2D eigenvalue weighted by atomic mass is 10.2. The van der Waals surface area contributed by atoms with Crippen molar-refractivity contribution in [3.05, 3.63) is 69.7 Å². The Bertz CT molecular complexity index is 847. The summed E-state index contributed by atoms with van der Waals surface area (Å²) >= 11 is 1.34. The van der Waals surface area contributed by atoms with Crippen LogP contribution in [0.4, 0.5) is 0 Å². The van der Waals surface area contributed by atoms with Gasteiger partial charge in [0.25, 0.3) is 5.91 Å². The maximum Gasteiger partial charge on any atom is 0.263 e. The Labute approximate surface area is 149 Å². The molecule has 3 heterocycles. The van der Waals surface area contributed by atoms with Gasteiger partial charge >= 0.3 is 0 Å². The molecular weight excluding hydrogens is 336 g/mol. The predicted molar refractivity (Wildman–Crippen MR) is 95.6 cm³/mol. The number of rotatable bonds is 6. The van der Waals surface area contributed by atoms with Crippen LogP contribution in [0.2, 0.25) is 0 Å². The average molecular weight is 354 g/mol. The fourth-order valence-corrected chi connectivity index (χ4v) is 3.07. The van der Waals surface area contributed by atoms with Gasteiger partial charge in [0.2, 0.25) is 0 Å². The highest BCUT2D eigenvalue weighted by atomic mass is 32.1. The highest BCUT2D eigenvalue weighted by Gasteiger charge is 2.15. The molecule has 3 rings (SSSR count). The zero-order valence-electron chi connectivity index (χ0n) is 14.0. The van der Waals surface area contributed by atoms with Crippen molar-refractivity contribution in [1.29, 1.82) is 0 Å². The van der Waals surface area contributed by atoms with Crippen LogP contribution in [0.5, 0.6) is 5.75 Å². The summed E-state index contributed by atoms with van der Waals surface area (Å²) in [5.74, 6) is 0.553. The van der Waals surface area contributed by atoms with Crippen LogP contribution in [-0.2, 0) is 13.2 Å². The molecule has 0 aliphatic heterocycles. The van der Waals surface area contributed by atoms with Crippen molar-refractivity contribution in [3.63, 3.8) is 0 Å². The second kappa shape index (κ2) is 7.85. The van der Waals surface area contributed by atoms with Crippen molar-refractivity contribution >= 4 is 17.2 Å². The lowest BCUT2D eigenvalue weighted by Gasteiger charge is -2.04. The normalized spacial score (nSPS) is 10.5. The fraction of sp³-hybridized carbons (Fsp3) is 0.222. The molecule has 0 fully saturated rings. The van der Waals surface area contributed by atoms with Gasteiger partial charge in [0, 0.05) is 24.6 Å². The number of thiazole rings is 1. The van der Waals surface area contributed by atoms with Crippen molar-refractivity contribution in [2.45, 2.75) is 27.0 Å². The van der Waals surface area contributed by atoms with Crippen molar-refractivity contribution in [2.75, 3.05) is 0 Å². The van der Waals surface area contributed by atoms with Crippen LogP contribution in [0.3, 0.4) is 0 Å². The molecule has 0 radical (unpaired) electrons. The van der Waals surface area contributed by atoms with Crippen molar-refractivity contribution < 1.29 is 9.53 Å². The smallest absolute Gasteiger partial charge is 0.263 e. The molecule has 7 heteroatoms. The molecule has 3 aromatic rings. The summed E-state index contributed by atoms with van der Waals surface area (Å²) in [5.41, 5.74) is 2.64. The zero-order chi connectivity index (χ0) is 17.6. The molecule has 0 bridgehead atoms. The first-order chi connectivity index (χ1) is 12.1. The molecule has 0 unspecified atom stereocenters. The predicted octanol–water partition coefficient (Wildman–Crippen LogP) is 3.06. The van der Waals surface area contributed by atoms with Crippen molar-refractivity contribution in [1.82, 2.24) is 20.3 Å². The number of hydrogen-bond donors (Lipinski definition) is 1. The SMILES string of the molecule is Cc1ccc(OCc2nc(C)c(C(=O)NCc3ccncc3)s2)cn1. The number of carbonyl (C=O) groups excluding carboxylic acids is 1. The lowest BCUT2D eigenvalue weighted by molar-refractivity contribution is 0.0954. The van der Waals surface area contributed by atoms with Crippen LogP contribution in [0.25, 0.3) is 0 Å². The Morgan fingerprint density at radius 1 is 1.20 bits per heavy atom. The van der Waals surface area contributed by atoms with Gasteiger partial charge in [-0.2, -0.15) is 0 Å². The molecule has 6 nitrogen and oxygen atoms in total. The molecule has 0 aromatic carbocycles. The van der Waals surface area contributed by atoms with Gasteiger partial charge in [-0.05, 0) is 43.7 Å². The summed E-state index contributed by atoms with van der Waals surface area (Å²) in [6.07, 6.45) is 5.09. The quantitative estimate of drug-likeness (QED) is 0.736. The van der Waals surface area contributed by atoms with E-state index in [1.54, 1.807) is 18.6 Å². The van der Waals surface area contributed by atoms with Gasteiger partial charge in [0.05, 0.1) is 11.9 Å². The largest absolute Gasteiger partial charge is 0.485 e. The van der Waals surface area contributed by atoms with Crippen LogP contribution in [0, 0.1) is 13.8 Å². The van der Waals surface area contributed by atoms with E-state index in [2.05, 4.69) is 20.3 Å². The number of nitrogens with one attached hydrogen (secondary N) is 1. The number of aromatic nitrogens is 3. The second-order valence-electron chi connectivity index (χ2n) is 5.48. The van der Waals surface area contributed by atoms with E-state index in [9.17, 15) is 4.79 Å². The van der Waals surface area contributed by atoms with Gasteiger partial charge in [-0.25, -0.2) is 4.98 Å². The Hall–Kier alpha value is -2.80. The Morgan fingerprint density at radius 2 is 2.00 bits per heavy atom. The fourth-order valence-electron chi connectivity index (χ4n) is 2.17. The van der Waals surface area contributed by atoms with Gasteiger partial charge in [0.15, 0.2) is 0 Å². The average Bonchev–Trinajstić information content (AvgIpc) is 3.01. The minimum Gasteiger partial charge on any atom is -0.485 e. The topological polar surface area (TPSA) is 77.0 Å². The molecule has 0 spiro atoms. The maximum atomic E-state index is 12.4. The molecule has 0 atom stereocenters. The molecule has 0 saturated carbocycles. The Balaban J connectivity index is 1.59. The number of aryl methyl sites for hydroxylation is 2. The molecule has 0 saturated heterocycles. The maximum absolute atomic E-state index is 12.4. The van der Waals surface area contributed by atoms with Crippen molar-refractivity contribution in [3.8, 4) is 5.75 Å². The first-order valence-electron chi connectivity index (χ1n) is 7.80. The van der Waals surface area contributed by atoms with Crippen LogP contribution in [0.1, 0.15) is 31.6 Å². The number of nitrogens with zero attached hydrogens (tertiary/aromatic N) is 3. The molecule has 1 N–H and O–H groups in total. The summed E-state index contributed by atoms with van der Waals surface area (Å²) in [4.78, 5) is 25.5. The van der Waals surface area contributed by atoms with Gasteiger partial charge in [-0.1, -0.05) is 0 Å². The zero-order valence-corrected chi connectivity index (χ0v) is 14.8. The standard InChI is InChI=1S/C18H18N4O2S/c1-12-3-4-15(10-20-12)24-11-16-22-13(2)17(25-16)18(23)21-9-14-5-7-19-8-6-14/h3-8,10H,9,11H2,1-2H3,(H,21,23). The number of amides is 1. The Kier molecular flexibility index (Phi) is 5.35. The third-order valence-electron chi connectivity index (χ3n) is 3.50. The molecule has 0 aliphatic carbocycles. The summed E-state index contributed by atoms with van der Waals surface area (Å²) in [5, 5.41) is 3.66. The van der Waals surface area contributed by atoms with Crippen LogP contribution < -0.4 is 10.1 Å². The van der Waals surface area contributed by atoms with Crippen molar-refractivity contribution in [2.24, 2.45) is 0 Å². The summed E-state index contributed by atoms with van der Waals surface area (Å²) in [6, 6.07) is 7.49. The first-order valence-corrected chi connectivity index (χ1v) is 8.62. The number of ether oxygens (including phenoxy) is 1. The third-order valence-corrected chi connectivity index (χ3v) is 4.63. The van der Waals surface area contributed by atoms with E-state index in [1.807, 2.05) is 38.1 Å². The highest BCUT2D eigenvalue weighted by Crippen LogP contribution is 2.20. The third kappa shape index (κ3) is 4.60. The molecular formula is C18H18N4O2S. The van der Waals surface area contributed by atoms with Gasteiger partial charge in [-0.3, -0.25) is 14.8 Å². The number of pyridine rings is 2.